The number of furan rings is 1. The SMILES string of the molecule is Cc1ccc(CNC(=O)c2cc3n(n2)CC(C)(C(=O)NC2CCCCC2)N(C)C3=O)o1. The molecule has 3 heterocycles. The van der Waals surface area contributed by atoms with Crippen LogP contribution < -0.4 is 10.6 Å². The topological polar surface area (TPSA) is 109 Å². The first-order valence-corrected chi connectivity index (χ1v) is 10.8. The van der Waals surface area contributed by atoms with Gasteiger partial charge in [-0.2, -0.15) is 5.10 Å². The highest BCUT2D eigenvalue weighted by atomic mass is 16.3. The van der Waals surface area contributed by atoms with E-state index >= 15 is 0 Å². The van der Waals surface area contributed by atoms with Gasteiger partial charge in [-0.05, 0) is 38.8 Å². The number of fused-ring (bicyclic) bond motifs is 1. The summed E-state index contributed by atoms with van der Waals surface area (Å²) < 4.78 is 6.92. The third-order valence-corrected chi connectivity index (χ3v) is 6.38. The van der Waals surface area contributed by atoms with Gasteiger partial charge in [0, 0.05) is 19.2 Å². The van der Waals surface area contributed by atoms with Crippen molar-refractivity contribution in [1.29, 1.82) is 0 Å². The lowest BCUT2D eigenvalue weighted by Crippen LogP contribution is -2.63. The van der Waals surface area contributed by atoms with Crippen molar-refractivity contribution in [2.45, 2.75) is 70.6 Å². The second kappa shape index (κ2) is 8.20. The van der Waals surface area contributed by atoms with Crippen molar-refractivity contribution in [3.05, 3.63) is 41.1 Å². The molecule has 1 aliphatic carbocycles. The van der Waals surface area contributed by atoms with Crippen LogP contribution in [0.2, 0.25) is 0 Å². The molecule has 2 N–H and O–H groups in total. The zero-order valence-electron chi connectivity index (χ0n) is 18.2. The summed E-state index contributed by atoms with van der Waals surface area (Å²) in [6, 6.07) is 5.24. The lowest BCUT2D eigenvalue weighted by molar-refractivity contribution is -0.133. The summed E-state index contributed by atoms with van der Waals surface area (Å²) in [7, 11) is 1.62. The van der Waals surface area contributed by atoms with E-state index < -0.39 is 11.4 Å². The van der Waals surface area contributed by atoms with Gasteiger partial charge in [0.1, 0.15) is 22.8 Å². The van der Waals surface area contributed by atoms with Crippen LogP contribution in [0.3, 0.4) is 0 Å². The fourth-order valence-corrected chi connectivity index (χ4v) is 4.26. The van der Waals surface area contributed by atoms with Crippen molar-refractivity contribution in [3.63, 3.8) is 0 Å². The van der Waals surface area contributed by atoms with Gasteiger partial charge in [0.2, 0.25) is 5.91 Å². The second-order valence-corrected chi connectivity index (χ2v) is 8.71. The van der Waals surface area contributed by atoms with E-state index in [4.69, 9.17) is 4.42 Å². The third-order valence-electron chi connectivity index (χ3n) is 6.38. The van der Waals surface area contributed by atoms with E-state index in [9.17, 15) is 14.4 Å². The Balaban J connectivity index is 1.48. The predicted molar refractivity (Wildman–Crippen MR) is 112 cm³/mol. The maximum atomic E-state index is 13.1. The molecule has 1 unspecified atom stereocenters. The van der Waals surface area contributed by atoms with Crippen LogP contribution in [0.4, 0.5) is 0 Å². The Kier molecular flexibility index (Phi) is 5.60. The highest BCUT2D eigenvalue weighted by Gasteiger charge is 2.46. The first-order chi connectivity index (χ1) is 14.8. The molecule has 31 heavy (non-hydrogen) atoms. The van der Waals surface area contributed by atoms with Gasteiger partial charge in [0.05, 0.1) is 13.1 Å². The largest absolute Gasteiger partial charge is 0.465 e. The Labute approximate surface area is 181 Å². The number of aromatic nitrogens is 2. The number of carbonyl (C=O) groups is 3. The van der Waals surface area contributed by atoms with E-state index in [0.29, 0.717) is 11.5 Å². The van der Waals surface area contributed by atoms with Gasteiger partial charge in [-0.3, -0.25) is 19.1 Å². The molecule has 9 nitrogen and oxygen atoms in total. The van der Waals surface area contributed by atoms with E-state index in [0.717, 1.165) is 31.4 Å². The number of rotatable bonds is 5. The van der Waals surface area contributed by atoms with Crippen molar-refractivity contribution >= 4 is 17.7 Å². The summed E-state index contributed by atoms with van der Waals surface area (Å²) in [6.07, 6.45) is 5.34. The Hall–Kier alpha value is -3.10. The van der Waals surface area contributed by atoms with Crippen molar-refractivity contribution < 1.29 is 18.8 Å². The molecule has 2 aliphatic rings. The van der Waals surface area contributed by atoms with Gasteiger partial charge < -0.3 is 20.0 Å². The van der Waals surface area contributed by atoms with Gasteiger partial charge in [-0.25, -0.2) is 0 Å². The van der Waals surface area contributed by atoms with Crippen molar-refractivity contribution in [2.24, 2.45) is 0 Å². The van der Waals surface area contributed by atoms with Crippen LogP contribution in [0.1, 0.15) is 71.5 Å². The molecule has 1 fully saturated rings. The number of aryl methyl sites for hydroxylation is 1. The molecule has 0 spiro atoms. The van der Waals surface area contributed by atoms with E-state index in [-0.39, 0.29) is 36.6 Å². The van der Waals surface area contributed by atoms with Crippen LogP contribution in [0, 0.1) is 6.92 Å². The Morgan fingerprint density at radius 1 is 1.26 bits per heavy atom. The summed E-state index contributed by atoms with van der Waals surface area (Å²) in [6.45, 7) is 3.99. The van der Waals surface area contributed by atoms with Gasteiger partial charge in [-0.15, -0.1) is 0 Å². The molecule has 1 saturated carbocycles. The number of carbonyl (C=O) groups excluding carboxylic acids is 3. The molecular formula is C22H29N5O4. The van der Waals surface area contributed by atoms with Gasteiger partial charge in [0.15, 0.2) is 5.69 Å². The summed E-state index contributed by atoms with van der Waals surface area (Å²) in [5.74, 6) is 0.481. The first-order valence-electron chi connectivity index (χ1n) is 10.8. The Bertz CT molecular complexity index is 1000. The lowest BCUT2D eigenvalue weighted by Gasteiger charge is -2.41. The zero-order chi connectivity index (χ0) is 22.2. The molecule has 4 rings (SSSR count). The average Bonchev–Trinajstić information content (AvgIpc) is 3.37. The lowest BCUT2D eigenvalue weighted by atomic mass is 9.92. The standard InChI is InChI=1S/C22H29N5O4/c1-14-9-10-16(31-14)12-23-19(28)17-11-18-20(29)26(3)22(2,13-27(18)25-17)21(30)24-15-7-5-4-6-8-15/h9-11,15H,4-8,12-13H2,1-3H3,(H,23,28)(H,24,30). The third kappa shape index (κ3) is 4.08. The van der Waals surface area contributed by atoms with Crippen molar-refractivity contribution in [2.75, 3.05) is 7.05 Å². The van der Waals surface area contributed by atoms with Crippen LogP contribution in [0.5, 0.6) is 0 Å². The number of hydrogen-bond donors (Lipinski definition) is 2. The van der Waals surface area contributed by atoms with Crippen LogP contribution >= 0.6 is 0 Å². The van der Waals surface area contributed by atoms with Crippen molar-refractivity contribution in [3.8, 4) is 0 Å². The fraction of sp³-hybridized carbons (Fsp3) is 0.545. The number of hydrogen-bond acceptors (Lipinski definition) is 5. The molecule has 1 atom stereocenters. The van der Waals surface area contributed by atoms with E-state index in [1.54, 1.807) is 20.0 Å². The minimum Gasteiger partial charge on any atom is -0.465 e. The highest BCUT2D eigenvalue weighted by Crippen LogP contribution is 2.27. The minimum absolute atomic E-state index is 0.136. The highest BCUT2D eigenvalue weighted by molar-refractivity contribution is 6.01. The molecule has 2 aromatic rings. The molecule has 3 amide bonds. The number of amides is 3. The number of nitrogens with zero attached hydrogens (tertiary/aromatic N) is 3. The molecule has 9 heteroatoms. The summed E-state index contributed by atoms with van der Waals surface area (Å²) in [4.78, 5) is 40.1. The normalized spacial score (nSPS) is 21.6. The summed E-state index contributed by atoms with van der Waals surface area (Å²) >= 11 is 0. The van der Waals surface area contributed by atoms with E-state index in [1.807, 2.05) is 13.0 Å². The second-order valence-electron chi connectivity index (χ2n) is 8.71. The monoisotopic (exact) mass is 427 g/mol. The molecule has 2 aromatic heterocycles. The maximum absolute atomic E-state index is 13.1. The fourth-order valence-electron chi connectivity index (χ4n) is 4.26. The molecule has 1 aliphatic heterocycles. The van der Waals surface area contributed by atoms with Gasteiger partial charge in [-0.1, -0.05) is 19.3 Å². The Morgan fingerprint density at radius 2 is 2.00 bits per heavy atom. The van der Waals surface area contributed by atoms with Crippen LogP contribution in [-0.2, 0) is 17.9 Å². The smallest absolute Gasteiger partial charge is 0.272 e. The molecule has 0 radical (unpaired) electrons. The Morgan fingerprint density at radius 3 is 2.68 bits per heavy atom. The number of likely N-dealkylation sites (N-methyl/N-ethyl adjacent to an activating group) is 1. The zero-order valence-corrected chi connectivity index (χ0v) is 18.2. The first kappa shape index (κ1) is 21.1. The average molecular weight is 428 g/mol. The molecule has 0 aromatic carbocycles. The van der Waals surface area contributed by atoms with Crippen LogP contribution in [0.25, 0.3) is 0 Å². The van der Waals surface area contributed by atoms with Crippen molar-refractivity contribution in [1.82, 2.24) is 25.3 Å². The molecule has 0 saturated heterocycles. The van der Waals surface area contributed by atoms with Crippen LogP contribution in [0.15, 0.2) is 22.6 Å². The quantitative estimate of drug-likeness (QED) is 0.759. The minimum atomic E-state index is -1.08. The van der Waals surface area contributed by atoms with Crippen LogP contribution in [-0.4, -0.2) is 51.0 Å². The molecule has 0 bridgehead atoms. The maximum Gasteiger partial charge on any atom is 0.272 e. The number of nitrogens with one attached hydrogen (secondary N) is 2. The molecular weight excluding hydrogens is 398 g/mol. The molecule has 166 valence electrons. The summed E-state index contributed by atoms with van der Waals surface area (Å²) in [5.41, 5.74) is -0.645. The van der Waals surface area contributed by atoms with E-state index in [2.05, 4.69) is 15.7 Å². The summed E-state index contributed by atoms with van der Waals surface area (Å²) in [5, 5.41) is 10.2. The van der Waals surface area contributed by atoms with Gasteiger partial charge >= 0.3 is 0 Å². The van der Waals surface area contributed by atoms with E-state index in [1.165, 1.54) is 22.1 Å². The van der Waals surface area contributed by atoms with Gasteiger partial charge in [0.25, 0.3) is 11.8 Å². The predicted octanol–water partition coefficient (Wildman–Crippen LogP) is 2.01.